The zero-order valence-corrected chi connectivity index (χ0v) is 15.4. The second kappa shape index (κ2) is 8.35. The van der Waals surface area contributed by atoms with Crippen molar-refractivity contribution < 1.29 is 18.4 Å². The van der Waals surface area contributed by atoms with Crippen LogP contribution in [0.15, 0.2) is 59.6 Å². The van der Waals surface area contributed by atoms with Crippen LogP contribution >= 0.6 is 11.8 Å². The summed E-state index contributed by atoms with van der Waals surface area (Å²) in [6, 6.07) is 13.5. The number of thioether (sulfide) groups is 1. The highest BCUT2D eigenvalue weighted by Gasteiger charge is 2.28. The second-order valence-electron chi connectivity index (χ2n) is 6.04. The van der Waals surface area contributed by atoms with Crippen LogP contribution in [-0.4, -0.2) is 22.5 Å². The van der Waals surface area contributed by atoms with Crippen molar-refractivity contribution in [1.82, 2.24) is 4.90 Å². The number of anilines is 1. The number of nitrogens with zero attached hydrogens (tertiary/aromatic N) is 1. The Hall–Kier alpha value is -2.67. The predicted octanol–water partition coefficient (Wildman–Crippen LogP) is 4.90. The van der Waals surface area contributed by atoms with E-state index in [0.717, 1.165) is 11.1 Å². The molecule has 0 spiro atoms. The summed E-state index contributed by atoms with van der Waals surface area (Å²) in [4.78, 5) is 26.5. The van der Waals surface area contributed by atoms with Crippen LogP contribution in [0.1, 0.15) is 30.5 Å². The van der Waals surface area contributed by atoms with E-state index >= 15 is 0 Å². The van der Waals surface area contributed by atoms with Crippen LogP contribution in [0.3, 0.4) is 0 Å². The van der Waals surface area contributed by atoms with Crippen molar-refractivity contribution in [3.63, 3.8) is 0 Å². The SMILES string of the molecule is CC(=O)N1C=Cc2ccccc2[C@H]1CC(=O)Nc1ccc(SC(F)F)cc1. The number of hydrogen-bond acceptors (Lipinski definition) is 3. The molecular weight excluding hydrogens is 370 g/mol. The van der Waals surface area contributed by atoms with E-state index in [2.05, 4.69) is 5.32 Å². The minimum Gasteiger partial charge on any atom is -0.326 e. The molecule has 2 amide bonds. The Morgan fingerprint density at radius 3 is 2.52 bits per heavy atom. The Morgan fingerprint density at radius 2 is 1.85 bits per heavy atom. The standard InChI is InChI=1S/C20H18F2N2O2S/c1-13(25)24-11-10-14-4-2-3-5-17(14)18(24)12-19(26)23-15-6-8-16(9-7-15)27-20(21)22/h2-11,18,20H,12H2,1H3,(H,23,26)/t18-/m1/s1. The van der Waals surface area contributed by atoms with Gasteiger partial charge in [0.1, 0.15) is 0 Å². The molecule has 3 rings (SSSR count). The molecule has 1 heterocycles. The number of halogens is 2. The zero-order valence-electron chi connectivity index (χ0n) is 14.6. The third-order valence-electron chi connectivity index (χ3n) is 4.21. The Balaban J connectivity index is 1.72. The molecular formula is C20H18F2N2O2S. The number of nitrogens with one attached hydrogen (secondary N) is 1. The van der Waals surface area contributed by atoms with Crippen molar-refractivity contribution >= 4 is 35.3 Å². The molecule has 1 aliphatic heterocycles. The van der Waals surface area contributed by atoms with Gasteiger partial charge < -0.3 is 10.2 Å². The van der Waals surface area contributed by atoms with Crippen LogP contribution in [-0.2, 0) is 9.59 Å². The number of carbonyl (C=O) groups excluding carboxylic acids is 2. The number of amides is 2. The maximum Gasteiger partial charge on any atom is 0.288 e. The Labute approximate surface area is 160 Å². The topological polar surface area (TPSA) is 49.4 Å². The average molecular weight is 388 g/mol. The fourth-order valence-corrected chi connectivity index (χ4v) is 3.52. The van der Waals surface area contributed by atoms with Crippen LogP contribution in [0.25, 0.3) is 6.08 Å². The molecule has 0 aliphatic carbocycles. The van der Waals surface area contributed by atoms with Gasteiger partial charge in [0, 0.05) is 23.7 Å². The molecule has 0 radical (unpaired) electrons. The van der Waals surface area contributed by atoms with E-state index in [9.17, 15) is 18.4 Å². The monoisotopic (exact) mass is 388 g/mol. The highest BCUT2D eigenvalue weighted by atomic mass is 32.2. The molecule has 0 saturated carbocycles. The molecule has 0 bridgehead atoms. The summed E-state index contributed by atoms with van der Waals surface area (Å²) < 4.78 is 24.7. The van der Waals surface area contributed by atoms with E-state index in [-0.39, 0.29) is 18.2 Å². The molecule has 27 heavy (non-hydrogen) atoms. The van der Waals surface area contributed by atoms with Gasteiger partial charge in [-0.2, -0.15) is 8.78 Å². The molecule has 1 atom stereocenters. The summed E-state index contributed by atoms with van der Waals surface area (Å²) in [5, 5.41) is 2.76. The first-order valence-electron chi connectivity index (χ1n) is 8.35. The van der Waals surface area contributed by atoms with Gasteiger partial charge in [0.05, 0.1) is 12.5 Å². The number of alkyl halides is 2. The fourth-order valence-electron chi connectivity index (χ4n) is 3.02. The molecule has 0 fully saturated rings. The number of carbonyl (C=O) groups is 2. The molecule has 1 aliphatic rings. The molecule has 0 saturated heterocycles. The highest BCUT2D eigenvalue weighted by molar-refractivity contribution is 7.99. The van der Waals surface area contributed by atoms with Gasteiger partial charge in [0.15, 0.2) is 0 Å². The number of fused-ring (bicyclic) bond motifs is 1. The number of benzene rings is 2. The fraction of sp³-hybridized carbons (Fsp3) is 0.200. The normalized spacial score (nSPS) is 15.6. The van der Waals surface area contributed by atoms with Crippen molar-refractivity contribution in [2.45, 2.75) is 30.0 Å². The Morgan fingerprint density at radius 1 is 1.15 bits per heavy atom. The van der Waals surface area contributed by atoms with E-state index in [4.69, 9.17) is 0 Å². The van der Waals surface area contributed by atoms with Crippen LogP contribution in [0, 0.1) is 0 Å². The molecule has 140 valence electrons. The molecule has 2 aromatic carbocycles. The van der Waals surface area contributed by atoms with Crippen LogP contribution in [0.5, 0.6) is 0 Å². The van der Waals surface area contributed by atoms with Gasteiger partial charge in [-0.1, -0.05) is 36.0 Å². The van der Waals surface area contributed by atoms with Crippen LogP contribution in [0.4, 0.5) is 14.5 Å². The number of rotatable bonds is 5. The third-order valence-corrected chi connectivity index (χ3v) is 4.93. The second-order valence-corrected chi connectivity index (χ2v) is 7.11. The maximum atomic E-state index is 12.5. The lowest BCUT2D eigenvalue weighted by Crippen LogP contribution is -2.33. The highest BCUT2D eigenvalue weighted by Crippen LogP contribution is 2.33. The van der Waals surface area contributed by atoms with Crippen molar-refractivity contribution in [3.05, 3.63) is 65.9 Å². The first-order chi connectivity index (χ1) is 12.9. The third kappa shape index (κ3) is 4.74. The summed E-state index contributed by atoms with van der Waals surface area (Å²) >= 11 is 0.452. The van der Waals surface area contributed by atoms with E-state index in [0.29, 0.717) is 22.3 Å². The molecule has 4 nitrogen and oxygen atoms in total. The van der Waals surface area contributed by atoms with Gasteiger partial charge in [-0.25, -0.2) is 0 Å². The summed E-state index contributed by atoms with van der Waals surface area (Å²) in [5.74, 6) is -2.89. The van der Waals surface area contributed by atoms with E-state index in [1.807, 2.05) is 30.3 Å². The lowest BCUT2D eigenvalue weighted by Gasteiger charge is -2.32. The van der Waals surface area contributed by atoms with Gasteiger partial charge in [-0.15, -0.1) is 0 Å². The van der Waals surface area contributed by atoms with Crippen molar-refractivity contribution in [1.29, 1.82) is 0 Å². The van der Waals surface area contributed by atoms with E-state index in [1.54, 1.807) is 23.2 Å². The zero-order chi connectivity index (χ0) is 19.4. The predicted molar refractivity (Wildman–Crippen MR) is 102 cm³/mol. The maximum absolute atomic E-state index is 12.5. The van der Waals surface area contributed by atoms with Crippen LogP contribution in [0.2, 0.25) is 0 Å². The first kappa shape index (κ1) is 19.1. The lowest BCUT2D eigenvalue weighted by atomic mass is 9.93. The van der Waals surface area contributed by atoms with Crippen molar-refractivity contribution in [2.75, 3.05) is 5.32 Å². The lowest BCUT2D eigenvalue weighted by molar-refractivity contribution is -0.129. The summed E-state index contributed by atoms with van der Waals surface area (Å²) in [7, 11) is 0. The minimum absolute atomic E-state index is 0.0917. The summed E-state index contributed by atoms with van der Waals surface area (Å²) in [6.45, 7) is 1.46. The van der Waals surface area contributed by atoms with Gasteiger partial charge in [0.2, 0.25) is 11.8 Å². The number of hydrogen-bond donors (Lipinski definition) is 1. The molecule has 0 aromatic heterocycles. The van der Waals surface area contributed by atoms with Gasteiger partial charge in [-0.3, -0.25) is 9.59 Å². The molecule has 2 aromatic rings. The Bertz CT molecular complexity index is 869. The largest absolute Gasteiger partial charge is 0.326 e. The Kier molecular flexibility index (Phi) is 5.91. The quantitative estimate of drug-likeness (QED) is 0.741. The first-order valence-corrected chi connectivity index (χ1v) is 9.23. The van der Waals surface area contributed by atoms with E-state index < -0.39 is 11.8 Å². The average Bonchev–Trinajstić information content (AvgIpc) is 2.63. The molecule has 7 heteroatoms. The molecule has 0 unspecified atom stereocenters. The van der Waals surface area contributed by atoms with Crippen LogP contribution < -0.4 is 5.32 Å². The van der Waals surface area contributed by atoms with E-state index in [1.165, 1.54) is 19.1 Å². The van der Waals surface area contributed by atoms with Crippen molar-refractivity contribution in [2.24, 2.45) is 0 Å². The minimum atomic E-state index is -2.48. The van der Waals surface area contributed by atoms with Crippen molar-refractivity contribution in [3.8, 4) is 0 Å². The van der Waals surface area contributed by atoms with Gasteiger partial charge >= 0.3 is 0 Å². The summed E-state index contributed by atoms with van der Waals surface area (Å²) in [5.41, 5.74) is 2.41. The van der Waals surface area contributed by atoms with Gasteiger partial charge in [0.25, 0.3) is 5.76 Å². The summed E-state index contributed by atoms with van der Waals surface area (Å²) in [6.07, 6.45) is 3.64. The van der Waals surface area contributed by atoms with Gasteiger partial charge in [-0.05, 0) is 41.5 Å². The molecule has 1 N–H and O–H groups in total. The smallest absolute Gasteiger partial charge is 0.288 e.